The SMILES string of the molecule is CCc1c(N2CCN(C(=O)c3ncnc(C)c3O)CC2)c(=O)n2nc(-c3ccc(C(C)(C)C#N)cc3)nc2n1CC(=O)Nc1ccc(C(F)(F)F)cc1Cl. The van der Waals surface area contributed by atoms with Gasteiger partial charge in [0.05, 0.1) is 39.1 Å². The minimum absolute atomic E-state index is 0.0362. The summed E-state index contributed by atoms with van der Waals surface area (Å²) in [5, 5.41) is 26.8. The van der Waals surface area contributed by atoms with Crippen molar-refractivity contribution < 1.29 is 27.9 Å². The van der Waals surface area contributed by atoms with Crippen molar-refractivity contribution in [1.29, 1.82) is 5.26 Å². The smallest absolute Gasteiger partial charge is 0.416 e. The lowest BCUT2D eigenvalue weighted by Crippen LogP contribution is -2.51. The van der Waals surface area contributed by atoms with Crippen LogP contribution in [0.2, 0.25) is 5.02 Å². The number of aromatic nitrogens is 6. The molecule has 14 nitrogen and oxygen atoms in total. The Morgan fingerprint density at radius 3 is 2.31 bits per heavy atom. The number of halogens is 4. The van der Waals surface area contributed by atoms with Crippen LogP contribution < -0.4 is 15.8 Å². The fourth-order valence-corrected chi connectivity index (χ4v) is 6.41. The third-order valence-electron chi connectivity index (χ3n) is 9.27. The van der Waals surface area contributed by atoms with E-state index >= 15 is 0 Å². The third-order valence-corrected chi connectivity index (χ3v) is 9.58. The van der Waals surface area contributed by atoms with E-state index in [9.17, 15) is 37.9 Å². The Kier molecular flexibility index (Phi) is 10.1. The van der Waals surface area contributed by atoms with Crippen molar-refractivity contribution in [3.05, 3.63) is 92.4 Å². The summed E-state index contributed by atoms with van der Waals surface area (Å²) in [6, 6.07) is 11.8. The molecule has 4 heterocycles. The third kappa shape index (κ3) is 7.16. The van der Waals surface area contributed by atoms with Gasteiger partial charge in [-0.15, -0.1) is 5.10 Å². The number of aryl methyl sites for hydroxylation is 1. The monoisotopic (exact) mass is 762 g/mol. The Bertz CT molecular complexity index is 2380. The van der Waals surface area contributed by atoms with Crippen LogP contribution in [0.4, 0.5) is 24.5 Å². The molecule has 1 saturated heterocycles. The summed E-state index contributed by atoms with van der Waals surface area (Å²) >= 11 is 6.13. The maximum atomic E-state index is 14.3. The average Bonchev–Trinajstić information content (AvgIpc) is 3.60. The second-order valence-corrected chi connectivity index (χ2v) is 13.6. The number of anilines is 2. The zero-order valence-electron chi connectivity index (χ0n) is 29.6. The molecule has 0 saturated carbocycles. The lowest BCUT2D eigenvalue weighted by atomic mass is 9.86. The van der Waals surface area contributed by atoms with Crippen molar-refractivity contribution in [2.24, 2.45) is 0 Å². The first-order chi connectivity index (χ1) is 25.5. The first kappa shape index (κ1) is 37.7. The number of amides is 2. The molecular formula is C36H34ClF3N10O4. The van der Waals surface area contributed by atoms with E-state index in [0.717, 1.165) is 28.3 Å². The zero-order chi connectivity index (χ0) is 39.1. The summed E-state index contributed by atoms with van der Waals surface area (Å²) in [5.41, 5.74) is -0.223. The van der Waals surface area contributed by atoms with Crippen LogP contribution in [0.25, 0.3) is 17.2 Å². The number of hydrogen-bond acceptors (Lipinski definition) is 10. The molecule has 18 heteroatoms. The van der Waals surface area contributed by atoms with E-state index in [0.29, 0.717) is 11.3 Å². The molecule has 2 N–H and O–H groups in total. The van der Waals surface area contributed by atoms with Crippen LogP contribution in [0, 0.1) is 18.3 Å². The van der Waals surface area contributed by atoms with Gasteiger partial charge < -0.3 is 24.8 Å². The largest absolute Gasteiger partial charge is 0.504 e. The quantitative estimate of drug-likeness (QED) is 0.219. The molecule has 0 radical (unpaired) electrons. The van der Waals surface area contributed by atoms with Gasteiger partial charge in [0, 0.05) is 31.7 Å². The molecule has 2 aromatic carbocycles. The van der Waals surface area contributed by atoms with E-state index in [4.69, 9.17) is 11.6 Å². The van der Waals surface area contributed by atoms with Crippen molar-refractivity contribution >= 4 is 40.6 Å². The number of aromatic hydroxyl groups is 1. The number of carbonyl (C=O) groups excluding carboxylic acids is 2. The van der Waals surface area contributed by atoms with E-state index in [-0.39, 0.29) is 77.7 Å². The fraction of sp³-hybridized carbons (Fsp3) is 0.333. The van der Waals surface area contributed by atoms with E-state index in [1.165, 1.54) is 15.8 Å². The Balaban J connectivity index is 1.38. The minimum Gasteiger partial charge on any atom is -0.504 e. The summed E-state index contributed by atoms with van der Waals surface area (Å²) in [6.07, 6.45) is -3.19. The van der Waals surface area contributed by atoms with Crippen LogP contribution in [-0.4, -0.2) is 77.1 Å². The van der Waals surface area contributed by atoms with Gasteiger partial charge in [-0.05, 0) is 51.0 Å². The Morgan fingerprint density at radius 1 is 1.04 bits per heavy atom. The molecule has 0 aliphatic carbocycles. The first-order valence-corrected chi connectivity index (χ1v) is 17.2. The van der Waals surface area contributed by atoms with E-state index in [1.807, 2.05) is 0 Å². The molecule has 0 spiro atoms. The van der Waals surface area contributed by atoms with Crippen molar-refractivity contribution in [3.8, 4) is 23.2 Å². The van der Waals surface area contributed by atoms with Crippen LogP contribution >= 0.6 is 11.6 Å². The Hall–Kier alpha value is -6.02. The van der Waals surface area contributed by atoms with Crippen molar-refractivity contribution in [1.82, 2.24) is 34.0 Å². The van der Waals surface area contributed by atoms with Gasteiger partial charge in [-0.25, -0.2) is 9.97 Å². The van der Waals surface area contributed by atoms with Crippen LogP contribution in [0.15, 0.2) is 53.6 Å². The second kappa shape index (κ2) is 14.4. The molecule has 0 atom stereocenters. The molecule has 1 fully saturated rings. The molecule has 3 aromatic heterocycles. The van der Waals surface area contributed by atoms with E-state index < -0.39 is 41.1 Å². The summed E-state index contributed by atoms with van der Waals surface area (Å²) in [5.74, 6) is -1.26. The summed E-state index contributed by atoms with van der Waals surface area (Å²) < 4.78 is 42.4. The number of hydrogen-bond donors (Lipinski definition) is 2. The Morgan fingerprint density at radius 2 is 1.70 bits per heavy atom. The molecule has 2 amide bonds. The number of fused-ring (bicyclic) bond motifs is 1. The average molecular weight is 763 g/mol. The van der Waals surface area contributed by atoms with Crippen molar-refractivity contribution in [2.45, 2.75) is 52.3 Å². The number of nitrogens with one attached hydrogen (secondary N) is 1. The van der Waals surface area contributed by atoms with Crippen molar-refractivity contribution in [3.63, 3.8) is 0 Å². The van der Waals surface area contributed by atoms with Crippen molar-refractivity contribution in [2.75, 3.05) is 36.4 Å². The number of benzene rings is 2. The predicted octanol–water partition coefficient (Wildman–Crippen LogP) is 5.00. The molecule has 280 valence electrons. The number of nitriles is 1. The fourth-order valence-electron chi connectivity index (χ4n) is 6.18. The number of carbonyl (C=O) groups is 2. The standard InChI is InChI=1S/C36H34ClF3N10O4/c1-5-26-29(47-12-14-48(15-13-47)32(53)28-30(52)20(2)42-19-43-28)33(54)50-34(45-31(46-50)21-6-8-22(9-7-21)35(3,4)18-41)49(26)17-27(51)44-25-11-10-23(16-24(25)37)36(38,39)40/h6-11,16,19,52H,5,12-15,17H2,1-4H3,(H,44,51). The molecular weight excluding hydrogens is 729 g/mol. The van der Waals surface area contributed by atoms with Gasteiger partial charge >= 0.3 is 6.18 Å². The second-order valence-electron chi connectivity index (χ2n) is 13.2. The van der Waals surface area contributed by atoms with Crippen LogP contribution in [0.1, 0.15) is 53.8 Å². The number of rotatable bonds is 8. The van der Waals surface area contributed by atoms with Gasteiger partial charge in [-0.3, -0.25) is 14.4 Å². The van der Waals surface area contributed by atoms with E-state index in [1.54, 1.807) is 56.9 Å². The highest BCUT2D eigenvalue weighted by molar-refractivity contribution is 6.33. The maximum absolute atomic E-state index is 14.3. The molecule has 0 bridgehead atoms. The first-order valence-electron chi connectivity index (χ1n) is 16.8. The zero-order valence-corrected chi connectivity index (χ0v) is 30.3. The van der Waals surface area contributed by atoms with Crippen LogP contribution in [0.3, 0.4) is 0 Å². The van der Waals surface area contributed by atoms with Gasteiger partial charge in [0.25, 0.3) is 11.5 Å². The van der Waals surface area contributed by atoms with Gasteiger partial charge in [0.1, 0.15) is 18.6 Å². The van der Waals surface area contributed by atoms with E-state index in [2.05, 4.69) is 31.4 Å². The molecule has 5 aromatic rings. The van der Waals surface area contributed by atoms with Gasteiger partial charge in [0.15, 0.2) is 17.3 Å². The summed E-state index contributed by atoms with van der Waals surface area (Å²) in [4.78, 5) is 57.0. The van der Waals surface area contributed by atoms with Crippen LogP contribution in [0.5, 0.6) is 5.75 Å². The molecule has 1 aliphatic heterocycles. The normalized spacial score (nSPS) is 13.6. The topological polar surface area (TPSA) is 175 Å². The summed E-state index contributed by atoms with van der Waals surface area (Å²) in [6.45, 7) is 7.24. The highest BCUT2D eigenvalue weighted by atomic mass is 35.5. The summed E-state index contributed by atoms with van der Waals surface area (Å²) in [7, 11) is 0. The highest BCUT2D eigenvalue weighted by Crippen LogP contribution is 2.34. The number of alkyl halides is 3. The lowest BCUT2D eigenvalue weighted by Gasteiger charge is -2.36. The number of nitrogens with zero attached hydrogens (tertiary/aromatic N) is 9. The highest BCUT2D eigenvalue weighted by Gasteiger charge is 2.32. The number of piperazine rings is 1. The van der Waals surface area contributed by atoms with Gasteiger partial charge in [0.2, 0.25) is 11.7 Å². The molecule has 54 heavy (non-hydrogen) atoms. The lowest BCUT2D eigenvalue weighted by molar-refractivity contribution is -0.137. The van der Waals surface area contributed by atoms with Gasteiger partial charge in [-0.2, -0.15) is 27.9 Å². The van der Waals surface area contributed by atoms with Crippen LogP contribution in [-0.2, 0) is 29.4 Å². The maximum Gasteiger partial charge on any atom is 0.416 e. The van der Waals surface area contributed by atoms with Gasteiger partial charge in [-0.1, -0.05) is 42.8 Å². The predicted molar refractivity (Wildman–Crippen MR) is 192 cm³/mol. The molecule has 6 rings (SSSR count). The molecule has 0 unspecified atom stereocenters. The Labute approximate surface area is 311 Å². The molecule has 1 aliphatic rings. The minimum atomic E-state index is -4.63.